The van der Waals surface area contributed by atoms with E-state index in [1.807, 2.05) is 35.2 Å². The van der Waals surface area contributed by atoms with Crippen molar-refractivity contribution in [3.05, 3.63) is 42.1 Å². The zero-order valence-corrected chi connectivity index (χ0v) is 14.5. The van der Waals surface area contributed by atoms with Crippen LogP contribution in [0, 0.1) is 0 Å². The highest BCUT2D eigenvalue weighted by Gasteiger charge is 2.25. The maximum Gasteiger partial charge on any atom is 0.272 e. The number of piperazine rings is 1. The van der Waals surface area contributed by atoms with Gasteiger partial charge >= 0.3 is 0 Å². The SMILES string of the molecule is CN1CCN(C(=O)c2cc(NC3CC3)nc(-c3ccccc3)n2)CC1. The van der Waals surface area contributed by atoms with E-state index >= 15 is 0 Å². The fourth-order valence-electron chi connectivity index (χ4n) is 2.96. The Hall–Kier alpha value is -2.47. The molecule has 2 aliphatic rings. The third-order valence-corrected chi connectivity index (χ3v) is 4.70. The Balaban J connectivity index is 1.64. The van der Waals surface area contributed by atoms with Crippen molar-refractivity contribution < 1.29 is 4.79 Å². The number of hydrogen-bond acceptors (Lipinski definition) is 5. The number of nitrogens with one attached hydrogen (secondary N) is 1. The van der Waals surface area contributed by atoms with E-state index in [4.69, 9.17) is 0 Å². The van der Waals surface area contributed by atoms with Crippen molar-refractivity contribution in [1.82, 2.24) is 19.8 Å². The highest BCUT2D eigenvalue weighted by atomic mass is 16.2. The van der Waals surface area contributed by atoms with Gasteiger partial charge < -0.3 is 15.1 Å². The lowest BCUT2D eigenvalue weighted by Crippen LogP contribution is -2.47. The fourth-order valence-corrected chi connectivity index (χ4v) is 2.96. The minimum atomic E-state index is -0.00784. The van der Waals surface area contributed by atoms with Crippen LogP contribution in [0.2, 0.25) is 0 Å². The number of likely N-dealkylation sites (N-methyl/N-ethyl adjacent to an activating group) is 1. The van der Waals surface area contributed by atoms with E-state index in [0.717, 1.165) is 50.4 Å². The molecule has 1 aliphatic carbocycles. The van der Waals surface area contributed by atoms with Crippen LogP contribution in [0.1, 0.15) is 23.3 Å². The zero-order valence-electron chi connectivity index (χ0n) is 14.5. The van der Waals surface area contributed by atoms with Gasteiger partial charge in [-0.3, -0.25) is 4.79 Å². The number of amides is 1. The smallest absolute Gasteiger partial charge is 0.272 e. The lowest BCUT2D eigenvalue weighted by Gasteiger charge is -2.32. The van der Waals surface area contributed by atoms with Gasteiger partial charge in [-0.25, -0.2) is 9.97 Å². The Labute approximate surface area is 147 Å². The minimum Gasteiger partial charge on any atom is -0.367 e. The van der Waals surface area contributed by atoms with Gasteiger partial charge in [0.2, 0.25) is 0 Å². The average molecular weight is 337 g/mol. The molecule has 6 heteroatoms. The largest absolute Gasteiger partial charge is 0.367 e. The van der Waals surface area contributed by atoms with Crippen LogP contribution in [-0.2, 0) is 0 Å². The molecule has 6 nitrogen and oxygen atoms in total. The van der Waals surface area contributed by atoms with Crippen molar-refractivity contribution in [2.75, 3.05) is 38.5 Å². The van der Waals surface area contributed by atoms with Crippen LogP contribution in [0.5, 0.6) is 0 Å². The number of rotatable bonds is 4. The Morgan fingerprint density at radius 1 is 1.08 bits per heavy atom. The first-order valence-electron chi connectivity index (χ1n) is 8.88. The van der Waals surface area contributed by atoms with Gasteiger partial charge in [0.25, 0.3) is 5.91 Å². The van der Waals surface area contributed by atoms with Gasteiger partial charge in [0, 0.05) is 43.9 Å². The van der Waals surface area contributed by atoms with Crippen LogP contribution >= 0.6 is 0 Å². The number of anilines is 1. The summed E-state index contributed by atoms with van der Waals surface area (Å²) in [5.41, 5.74) is 1.40. The van der Waals surface area contributed by atoms with Crippen molar-refractivity contribution in [1.29, 1.82) is 0 Å². The second kappa shape index (κ2) is 6.80. The third kappa shape index (κ3) is 3.79. The van der Waals surface area contributed by atoms with Gasteiger partial charge in [-0.15, -0.1) is 0 Å². The quantitative estimate of drug-likeness (QED) is 0.926. The molecule has 1 saturated carbocycles. The fraction of sp³-hybridized carbons (Fsp3) is 0.421. The molecule has 1 saturated heterocycles. The van der Waals surface area contributed by atoms with Gasteiger partial charge in [-0.2, -0.15) is 0 Å². The summed E-state index contributed by atoms with van der Waals surface area (Å²) >= 11 is 0. The normalized spacial score (nSPS) is 18.2. The molecule has 1 aromatic heterocycles. The van der Waals surface area contributed by atoms with Crippen molar-refractivity contribution in [2.24, 2.45) is 0 Å². The lowest BCUT2D eigenvalue weighted by molar-refractivity contribution is 0.0658. The van der Waals surface area contributed by atoms with Crippen LogP contribution in [0.4, 0.5) is 5.82 Å². The number of carbonyl (C=O) groups excluding carboxylic acids is 1. The first kappa shape index (κ1) is 16.0. The van der Waals surface area contributed by atoms with Gasteiger partial charge in [-0.1, -0.05) is 30.3 Å². The molecule has 0 spiro atoms. The third-order valence-electron chi connectivity index (χ3n) is 4.70. The molecular weight excluding hydrogens is 314 g/mol. The van der Waals surface area contributed by atoms with Crippen LogP contribution in [0.15, 0.2) is 36.4 Å². The van der Waals surface area contributed by atoms with Crippen molar-refractivity contribution >= 4 is 11.7 Å². The summed E-state index contributed by atoms with van der Waals surface area (Å²) < 4.78 is 0. The maximum absolute atomic E-state index is 12.9. The second-order valence-electron chi connectivity index (χ2n) is 6.84. The molecule has 1 aliphatic heterocycles. The second-order valence-corrected chi connectivity index (χ2v) is 6.84. The van der Waals surface area contributed by atoms with E-state index in [2.05, 4.69) is 27.2 Å². The summed E-state index contributed by atoms with van der Waals surface area (Å²) in [6.45, 7) is 3.28. The highest BCUT2D eigenvalue weighted by Crippen LogP contribution is 2.26. The van der Waals surface area contributed by atoms with Gasteiger partial charge in [0.1, 0.15) is 11.5 Å². The van der Waals surface area contributed by atoms with Crippen molar-refractivity contribution in [3.63, 3.8) is 0 Å². The summed E-state index contributed by atoms with van der Waals surface area (Å²) in [4.78, 5) is 26.2. The van der Waals surface area contributed by atoms with Gasteiger partial charge in [0.15, 0.2) is 5.82 Å². The summed E-state index contributed by atoms with van der Waals surface area (Å²) in [6, 6.07) is 12.1. The predicted molar refractivity (Wildman–Crippen MR) is 97.5 cm³/mol. The number of hydrogen-bond donors (Lipinski definition) is 1. The van der Waals surface area contributed by atoms with Gasteiger partial charge in [0.05, 0.1) is 0 Å². The molecule has 25 heavy (non-hydrogen) atoms. The molecular formula is C19H23N5O. The minimum absolute atomic E-state index is 0.00784. The van der Waals surface area contributed by atoms with E-state index < -0.39 is 0 Å². The van der Waals surface area contributed by atoms with E-state index in [1.165, 1.54) is 0 Å². The molecule has 0 atom stereocenters. The molecule has 2 heterocycles. The lowest BCUT2D eigenvalue weighted by atomic mass is 10.2. The first-order chi connectivity index (χ1) is 12.2. The molecule has 0 bridgehead atoms. The van der Waals surface area contributed by atoms with Crippen molar-refractivity contribution in [2.45, 2.75) is 18.9 Å². The van der Waals surface area contributed by atoms with E-state index in [0.29, 0.717) is 17.6 Å². The summed E-state index contributed by atoms with van der Waals surface area (Å²) in [5, 5.41) is 3.40. The first-order valence-corrected chi connectivity index (χ1v) is 8.88. The molecule has 2 aromatic rings. The van der Waals surface area contributed by atoms with E-state index in [1.54, 1.807) is 6.07 Å². The predicted octanol–water partition coefficient (Wildman–Crippen LogP) is 2.11. The summed E-state index contributed by atoms with van der Waals surface area (Å²) in [5.74, 6) is 1.34. The van der Waals surface area contributed by atoms with Crippen LogP contribution < -0.4 is 5.32 Å². The molecule has 1 N–H and O–H groups in total. The van der Waals surface area contributed by atoms with E-state index in [9.17, 15) is 4.79 Å². The van der Waals surface area contributed by atoms with Crippen molar-refractivity contribution in [3.8, 4) is 11.4 Å². The molecule has 0 radical (unpaired) electrons. The topological polar surface area (TPSA) is 61.4 Å². The zero-order chi connectivity index (χ0) is 17.2. The Kier molecular flexibility index (Phi) is 4.36. The van der Waals surface area contributed by atoms with Crippen LogP contribution in [-0.4, -0.2) is 64.9 Å². The van der Waals surface area contributed by atoms with Crippen LogP contribution in [0.3, 0.4) is 0 Å². The molecule has 1 amide bonds. The Bertz CT molecular complexity index is 752. The molecule has 0 unspecified atom stereocenters. The summed E-state index contributed by atoms with van der Waals surface area (Å²) in [7, 11) is 2.08. The average Bonchev–Trinajstić information content (AvgIpc) is 3.46. The number of benzene rings is 1. The molecule has 1 aromatic carbocycles. The maximum atomic E-state index is 12.9. The standard InChI is InChI=1S/C19H23N5O/c1-23-9-11-24(12-10-23)19(25)16-13-17(20-15-7-8-15)22-18(21-16)14-5-3-2-4-6-14/h2-6,13,15H,7-12H2,1H3,(H,20,21,22). The Morgan fingerprint density at radius 2 is 1.80 bits per heavy atom. The molecule has 130 valence electrons. The Morgan fingerprint density at radius 3 is 2.48 bits per heavy atom. The number of carbonyl (C=O) groups is 1. The molecule has 4 rings (SSSR count). The summed E-state index contributed by atoms with van der Waals surface area (Å²) in [6.07, 6.45) is 2.32. The number of nitrogens with zero attached hydrogens (tertiary/aromatic N) is 4. The van der Waals surface area contributed by atoms with Crippen LogP contribution in [0.25, 0.3) is 11.4 Å². The highest BCUT2D eigenvalue weighted by molar-refractivity contribution is 5.93. The monoisotopic (exact) mass is 337 g/mol. The van der Waals surface area contributed by atoms with Gasteiger partial charge in [-0.05, 0) is 19.9 Å². The number of aromatic nitrogens is 2. The molecule has 2 fully saturated rings. The van der Waals surface area contributed by atoms with E-state index in [-0.39, 0.29) is 5.91 Å².